The average molecular weight is 852 g/mol. The lowest BCUT2D eigenvalue weighted by molar-refractivity contribution is -0.151. The van der Waals surface area contributed by atoms with Crippen molar-refractivity contribution in [2.75, 3.05) is 6.61 Å². The molecule has 0 saturated heterocycles. The molecule has 0 radical (unpaired) electrons. The maximum atomic E-state index is 13.2. The van der Waals surface area contributed by atoms with Gasteiger partial charge in [0.15, 0.2) is 0 Å². The van der Waals surface area contributed by atoms with E-state index in [0.717, 1.165) is 96.3 Å². The zero-order valence-electron chi connectivity index (χ0n) is 40.0. The van der Waals surface area contributed by atoms with Gasteiger partial charge in [0, 0.05) is 6.42 Å². The molecule has 1 amide bonds. The Morgan fingerprint density at radius 2 is 0.902 bits per heavy atom. The van der Waals surface area contributed by atoms with E-state index in [4.69, 9.17) is 4.74 Å². The first-order chi connectivity index (χ1) is 30.0. The second-order valence-electron chi connectivity index (χ2n) is 17.2. The van der Waals surface area contributed by atoms with Crippen molar-refractivity contribution >= 4 is 11.9 Å². The fourth-order valence-electron chi connectivity index (χ4n) is 7.46. The van der Waals surface area contributed by atoms with Crippen molar-refractivity contribution in [3.05, 3.63) is 72.9 Å². The molecule has 3 N–H and O–H groups in total. The van der Waals surface area contributed by atoms with Gasteiger partial charge in [0.25, 0.3) is 0 Å². The highest BCUT2D eigenvalue weighted by molar-refractivity contribution is 5.77. The molecule has 0 aromatic rings. The van der Waals surface area contributed by atoms with Gasteiger partial charge in [-0.3, -0.25) is 9.59 Å². The van der Waals surface area contributed by atoms with E-state index >= 15 is 0 Å². The summed E-state index contributed by atoms with van der Waals surface area (Å²) in [5.41, 5.74) is 0. The fourth-order valence-corrected chi connectivity index (χ4v) is 7.46. The number of amides is 1. The number of esters is 1. The highest BCUT2D eigenvalue weighted by Gasteiger charge is 2.24. The molecular weight excluding hydrogens is 755 g/mol. The van der Waals surface area contributed by atoms with Gasteiger partial charge in [-0.25, -0.2) is 0 Å². The average Bonchev–Trinajstić information content (AvgIpc) is 3.25. The molecular formula is C55H97NO5. The van der Waals surface area contributed by atoms with Gasteiger partial charge in [0.2, 0.25) is 5.91 Å². The summed E-state index contributed by atoms with van der Waals surface area (Å²) in [6.45, 7) is 6.25. The standard InChI is InChI=1S/C55H97NO5/c1-4-7-10-13-16-19-22-25-28-31-34-37-40-43-46-51(61-55(60)48-45-42-39-36-33-30-27-24-21-18-15-12-9-6-3)49-54(59)56-52(50-57)53(58)47-44-41-38-35-32-29-26-23-20-17-14-11-8-5-2/h7,9-10,12,16,18-19,21,25,28,34,37,51-53,57-58H,4-6,8,11,13-15,17,20,22-24,26-27,29-33,35-36,38-50H2,1-3H3,(H,56,59)/b10-7+,12-9+,19-16+,21-18+,28-25+,37-34+. The van der Waals surface area contributed by atoms with Gasteiger partial charge in [0.05, 0.1) is 25.2 Å². The molecule has 6 nitrogen and oxygen atoms in total. The summed E-state index contributed by atoms with van der Waals surface area (Å²) in [4.78, 5) is 26.1. The highest BCUT2D eigenvalue weighted by Crippen LogP contribution is 2.17. The van der Waals surface area contributed by atoms with Crippen LogP contribution in [0, 0.1) is 0 Å². The number of rotatable bonds is 45. The molecule has 6 heteroatoms. The van der Waals surface area contributed by atoms with Crippen LogP contribution < -0.4 is 5.32 Å². The molecule has 0 bridgehead atoms. The number of allylic oxidation sites excluding steroid dienone is 12. The molecule has 0 aliphatic rings. The van der Waals surface area contributed by atoms with Crippen LogP contribution in [0.3, 0.4) is 0 Å². The summed E-state index contributed by atoms with van der Waals surface area (Å²) in [6, 6.07) is -0.723. The van der Waals surface area contributed by atoms with Gasteiger partial charge in [-0.2, -0.15) is 0 Å². The summed E-state index contributed by atoms with van der Waals surface area (Å²) in [6.07, 6.45) is 61.1. The van der Waals surface area contributed by atoms with Crippen LogP contribution in [-0.2, 0) is 14.3 Å². The number of carbonyl (C=O) groups is 2. The van der Waals surface area contributed by atoms with Gasteiger partial charge in [-0.15, -0.1) is 0 Å². The number of carbonyl (C=O) groups excluding carboxylic acids is 2. The Hall–Kier alpha value is -2.70. The summed E-state index contributed by atoms with van der Waals surface area (Å²) in [5.74, 6) is -0.539. The van der Waals surface area contributed by atoms with Crippen LogP contribution in [0.15, 0.2) is 72.9 Å². The van der Waals surface area contributed by atoms with Crippen LogP contribution >= 0.6 is 0 Å². The van der Waals surface area contributed by atoms with E-state index < -0.39 is 18.2 Å². The summed E-state index contributed by atoms with van der Waals surface area (Å²) in [5, 5.41) is 23.8. The normalized spacial score (nSPS) is 13.9. The lowest BCUT2D eigenvalue weighted by Crippen LogP contribution is -2.46. The van der Waals surface area contributed by atoms with E-state index in [1.807, 2.05) is 0 Å². The van der Waals surface area contributed by atoms with Crippen LogP contribution in [0.25, 0.3) is 0 Å². The smallest absolute Gasteiger partial charge is 0.306 e. The lowest BCUT2D eigenvalue weighted by atomic mass is 10.0. The molecule has 0 fully saturated rings. The van der Waals surface area contributed by atoms with Gasteiger partial charge < -0.3 is 20.3 Å². The third-order valence-electron chi connectivity index (χ3n) is 11.3. The van der Waals surface area contributed by atoms with Crippen LogP contribution in [0.4, 0.5) is 0 Å². The number of unbranched alkanes of at least 4 members (excludes halogenated alkanes) is 21. The molecule has 0 rings (SSSR count). The fraction of sp³-hybridized carbons (Fsp3) is 0.745. The second-order valence-corrected chi connectivity index (χ2v) is 17.2. The van der Waals surface area contributed by atoms with Crippen molar-refractivity contribution in [1.82, 2.24) is 5.32 Å². The van der Waals surface area contributed by atoms with Crippen molar-refractivity contribution in [3.8, 4) is 0 Å². The minimum absolute atomic E-state index is 0.0344. The van der Waals surface area contributed by atoms with Crippen molar-refractivity contribution < 1.29 is 24.5 Å². The molecule has 0 aliphatic carbocycles. The maximum absolute atomic E-state index is 13.2. The first-order valence-electron chi connectivity index (χ1n) is 25.7. The van der Waals surface area contributed by atoms with Crippen LogP contribution in [-0.4, -0.2) is 46.9 Å². The summed E-state index contributed by atoms with van der Waals surface area (Å²) >= 11 is 0. The third kappa shape index (κ3) is 43.7. The van der Waals surface area contributed by atoms with Gasteiger partial charge in [-0.05, 0) is 83.5 Å². The Bertz CT molecular complexity index is 1140. The van der Waals surface area contributed by atoms with Crippen molar-refractivity contribution in [3.63, 3.8) is 0 Å². The largest absolute Gasteiger partial charge is 0.462 e. The number of hydrogen-bond acceptors (Lipinski definition) is 5. The monoisotopic (exact) mass is 852 g/mol. The Kier molecular flexibility index (Phi) is 46.2. The molecule has 0 saturated carbocycles. The SMILES string of the molecule is CC/C=C/C/C=C/C/C=C/C/C=C/CCCC(CC(=O)NC(CO)C(O)CCCCCCCCCCCCCCCC)OC(=O)CCCCCCCCC/C=C/C/C=C/CC. The minimum Gasteiger partial charge on any atom is -0.462 e. The molecule has 0 aliphatic heterocycles. The number of ether oxygens (including phenoxy) is 1. The Morgan fingerprint density at radius 3 is 1.38 bits per heavy atom. The first kappa shape index (κ1) is 58.3. The summed E-state index contributed by atoms with van der Waals surface area (Å²) < 4.78 is 5.90. The Labute approximate surface area is 377 Å². The van der Waals surface area contributed by atoms with Crippen LogP contribution in [0.2, 0.25) is 0 Å². The topological polar surface area (TPSA) is 95.9 Å². The zero-order valence-corrected chi connectivity index (χ0v) is 40.0. The van der Waals surface area contributed by atoms with Crippen molar-refractivity contribution in [2.24, 2.45) is 0 Å². The zero-order chi connectivity index (χ0) is 44.5. The van der Waals surface area contributed by atoms with E-state index in [0.29, 0.717) is 19.3 Å². The Balaban J connectivity index is 4.66. The quantitative estimate of drug-likeness (QED) is 0.0322. The second kappa shape index (κ2) is 48.3. The molecule has 3 atom stereocenters. The van der Waals surface area contributed by atoms with Gasteiger partial charge in [-0.1, -0.05) is 216 Å². The number of aliphatic hydroxyl groups excluding tert-OH is 2. The van der Waals surface area contributed by atoms with E-state index in [-0.39, 0.29) is 24.9 Å². The highest BCUT2D eigenvalue weighted by atomic mass is 16.5. The van der Waals surface area contributed by atoms with Crippen molar-refractivity contribution in [1.29, 1.82) is 0 Å². The molecule has 0 heterocycles. The van der Waals surface area contributed by atoms with E-state index in [1.165, 1.54) is 96.3 Å². The van der Waals surface area contributed by atoms with Crippen LogP contribution in [0.5, 0.6) is 0 Å². The predicted octanol–water partition coefficient (Wildman–Crippen LogP) is 15.4. The molecule has 0 aromatic heterocycles. The maximum Gasteiger partial charge on any atom is 0.306 e. The third-order valence-corrected chi connectivity index (χ3v) is 11.3. The van der Waals surface area contributed by atoms with E-state index in [2.05, 4.69) is 99.0 Å². The minimum atomic E-state index is -0.805. The van der Waals surface area contributed by atoms with Crippen LogP contribution in [0.1, 0.15) is 239 Å². The summed E-state index contributed by atoms with van der Waals surface area (Å²) in [7, 11) is 0. The molecule has 61 heavy (non-hydrogen) atoms. The first-order valence-corrected chi connectivity index (χ1v) is 25.7. The number of nitrogens with one attached hydrogen (secondary N) is 1. The molecule has 0 aromatic carbocycles. The molecule has 352 valence electrons. The lowest BCUT2D eigenvalue weighted by Gasteiger charge is -2.24. The molecule has 3 unspecified atom stereocenters. The predicted molar refractivity (Wildman–Crippen MR) is 264 cm³/mol. The number of hydrogen-bond donors (Lipinski definition) is 3. The van der Waals surface area contributed by atoms with E-state index in [9.17, 15) is 19.8 Å². The number of aliphatic hydroxyl groups is 2. The van der Waals surface area contributed by atoms with Crippen molar-refractivity contribution in [2.45, 2.75) is 257 Å². The molecule has 0 spiro atoms. The van der Waals surface area contributed by atoms with E-state index in [1.54, 1.807) is 0 Å². The Morgan fingerprint density at radius 1 is 0.492 bits per heavy atom. The van der Waals surface area contributed by atoms with Gasteiger partial charge >= 0.3 is 5.97 Å². The van der Waals surface area contributed by atoms with Gasteiger partial charge in [0.1, 0.15) is 6.10 Å².